The molecule has 2 aromatic rings. The van der Waals surface area contributed by atoms with Crippen LogP contribution in [0.5, 0.6) is 0 Å². The third-order valence-corrected chi connectivity index (χ3v) is 2.71. The summed E-state index contributed by atoms with van der Waals surface area (Å²) >= 11 is 0. The van der Waals surface area contributed by atoms with E-state index in [4.69, 9.17) is 5.73 Å². The van der Waals surface area contributed by atoms with Gasteiger partial charge in [0.15, 0.2) is 0 Å². The van der Waals surface area contributed by atoms with E-state index in [9.17, 15) is 14.0 Å². The number of carbonyl (C=O) groups excluding carboxylic acids is 2. The predicted octanol–water partition coefficient (Wildman–Crippen LogP) is 0.603. The zero-order chi connectivity index (χ0) is 15.4. The molecule has 7 nitrogen and oxygen atoms in total. The maximum atomic E-state index is 13.6. The van der Waals surface area contributed by atoms with Gasteiger partial charge in [0, 0.05) is 18.9 Å². The number of carbonyl (C=O) groups is 2. The van der Waals surface area contributed by atoms with Gasteiger partial charge in [-0.2, -0.15) is 5.10 Å². The van der Waals surface area contributed by atoms with E-state index in [-0.39, 0.29) is 23.7 Å². The molecule has 0 unspecified atom stereocenters. The highest BCUT2D eigenvalue weighted by atomic mass is 19.1. The van der Waals surface area contributed by atoms with Gasteiger partial charge in [-0.3, -0.25) is 14.3 Å². The molecule has 0 spiro atoms. The number of nitrogens with two attached hydrogens (primary N) is 1. The molecule has 0 bridgehead atoms. The van der Waals surface area contributed by atoms with Crippen LogP contribution in [0, 0.1) is 5.82 Å². The summed E-state index contributed by atoms with van der Waals surface area (Å²) in [6.45, 7) is 0.0304. The van der Waals surface area contributed by atoms with Crippen molar-refractivity contribution in [2.75, 3.05) is 18.1 Å². The molecule has 4 N–H and O–H groups in total. The normalized spacial score (nSPS) is 10.2. The first-order valence-electron chi connectivity index (χ1n) is 6.09. The van der Waals surface area contributed by atoms with Crippen molar-refractivity contribution in [2.24, 2.45) is 0 Å². The summed E-state index contributed by atoms with van der Waals surface area (Å²) in [4.78, 5) is 23.1. The molecule has 2 rings (SSSR count). The second-order valence-corrected chi connectivity index (χ2v) is 4.29. The van der Waals surface area contributed by atoms with E-state index in [1.54, 1.807) is 0 Å². The molecular formula is C13H14FN5O2. The fourth-order valence-corrected chi connectivity index (χ4v) is 1.65. The molecule has 1 heterocycles. The largest absolute Gasteiger partial charge is 0.399 e. The number of hydrogen-bond acceptors (Lipinski definition) is 4. The van der Waals surface area contributed by atoms with Crippen molar-refractivity contribution >= 4 is 23.2 Å². The smallest absolute Gasteiger partial charge is 0.258 e. The fourth-order valence-electron chi connectivity index (χ4n) is 1.65. The van der Waals surface area contributed by atoms with Crippen LogP contribution in [0.25, 0.3) is 0 Å². The van der Waals surface area contributed by atoms with Crippen LogP contribution < -0.4 is 16.4 Å². The quantitative estimate of drug-likeness (QED) is 0.718. The van der Waals surface area contributed by atoms with Crippen LogP contribution in [-0.4, -0.2) is 28.6 Å². The number of aromatic nitrogens is 2. The fraction of sp³-hybridized carbons (Fsp3) is 0.154. The van der Waals surface area contributed by atoms with Crippen LogP contribution in [0.4, 0.5) is 15.8 Å². The van der Waals surface area contributed by atoms with E-state index >= 15 is 0 Å². The van der Waals surface area contributed by atoms with E-state index in [1.165, 1.54) is 36.3 Å². The molecule has 8 heteroatoms. The Bertz CT molecular complexity index is 683. The number of nitrogens with one attached hydrogen (secondary N) is 2. The van der Waals surface area contributed by atoms with Gasteiger partial charge in [0.1, 0.15) is 12.4 Å². The lowest BCUT2D eigenvalue weighted by Crippen LogP contribution is -2.23. The van der Waals surface area contributed by atoms with Gasteiger partial charge in [-0.15, -0.1) is 0 Å². The summed E-state index contributed by atoms with van der Waals surface area (Å²) < 4.78 is 15.0. The number of hydrogen-bond donors (Lipinski definition) is 3. The Balaban J connectivity index is 2.07. The van der Waals surface area contributed by atoms with Gasteiger partial charge in [0.25, 0.3) is 5.91 Å². The zero-order valence-corrected chi connectivity index (χ0v) is 11.3. The van der Waals surface area contributed by atoms with Crippen LogP contribution in [0.1, 0.15) is 10.4 Å². The lowest BCUT2D eigenvalue weighted by molar-refractivity contribution is -0.121. The third kappa shape index (κ3) is 3.56. The Labute approximate surface area is 119 Å². The van der Waals surface area contributed by atoms with Crippen molar-refractivity contribution in [2.45, 2.75) is 6.54 Å². The third-order valence-electron chi connectivity index (χ3n) is 2.71. The number of nitrogens with zero attached hydrogens (tertiary/aromatic N) is 2. The van der Waals surface area contributed by atoms with Gasteiger partial charge in [-0.05, 0) is 18.2 Å². The maximum Gasteiger partial charge on any atom is 0.258 e. The van der Waals surface area contributed by atoms with E-state index in [1.807, 2.05) is 0 Å². The molecule has 0 aliphatic carbocycles. The number of benzene rings is 1. The minimum Gasteiger partial charge on any atom is -0.399 e. The topological polar surface area (TPSA) is 102 Å². The predicted molar refractivity (Wildman–Crippen MR) is 75.1 cm³/mol. The molecule has 0 aliphatic rings. The van der Waals surface area contributed by atoms with Crippen molar-refractivity contribution in [1.29, 1.82) is 0 Å². The van der Waals surface area contributed by atoms with Crippen molar-refractivity contribution in [3.8, 4) is 0 Å². The summed E-state index contributed by atoms with van der Waals surface area (Å²) in [6, 6.07) is 3.81. The summed E-state index contributed by atoms with van der Waals surface area (Å²) in [7, 11) is 1.51. The highest BCUT2D eigenvalue weighted by Crippen LogP contribution is 2.14. The van der Waals surface area contributed by atoms with Crippen LogP contribution in [0.3, 0.4) is 0 Å². The standard InChI is InChI=1S/C13H14FN5O2/c1-16-12(20)7-19-6-9(5-17-19)18-13(21)10-3-2-8(15)4-11(10)14/h2-6H,7,15H2,1H3,(H,16,20)(H,18,21). The number of amides is 2. The van der Waals surface area contributed by atoms with Gasteiger partial charge in [0.2, 0.25) is 5.91 Å². The lowest BCUT2D eigenvalue weighted by atomic mass is 10.2. The average Bonchev–Trinajstić information content (AvgIpc) is 2.85. The summed E-state index contributed by atoms with van der Waals surface area (Å²) in [5.74, 6) is -1.54. The summed E-state index contributed by atoms with van der Waals surface area (Å²) in [5.41, 5.74) is 5.90. The second kappa shape index (κ2) is 6.04. The molecule has 0 radical (unpaired) electrons. The maximum absolute atomic E-state index is 13.6. The van der Waals surface area contributed by atoms with Gasteiger partial charge >= 0.3 is 0 Å². The van der Waals surface area contributed by atoms with E-state index in [0.29, 0.717) is 5.69 Å². The SMILES string of the molecule is CNC(=O)Cn1cc(NC(=O)c2ccc(N)cc2F)cn1. The number of rotatable bonds is 4. The van der Waals surface area contributed by atoms with E-state index in [0.717, 1.165) is 6.07 Å². The first-order valence-corrected chi connectivity index (χ1v) is 6.09. The Morgan fingerprint density at radius 2 is 2.19 bits per heavy atom. The minimum atomic E-state index is -0.703. The van der Waals surface area contributed by atoms with Gasteiger partial charge in [-0.25, -0.2) is 4.39 Å². The number of anilines is 2. The molecule has 21 heavy (non-hydrogen) atoms. The minimum absolute atomic E-state index is 0.0304. The summed E-state index contributed by atoms with van der Waals surface area (Å²) in [6.07, 6.45) is 2.85. The molecule has 1 aromatic carbocycles. The molecule has 0 atom stereocenters. The Morgan fingerprint density at radius 3 is 2.86 bits per heavy atom. The van der Waals surface area contributed by atoms with Crippen molar-refractivity contribution < 1.29 is 14.0 Å². The molecule has 0 saturated heterocycles. The van der Waals surface area contributed by atoms with E-state index < -0.39 is 11.7 Å². The number of likely N-dealkylation sites (N-methyl/N-ethyl adjacent to an activating group) is 1. The van der Waals surface area contributed by atoms with Crippen LogP contribution in [0.15, 0.2) is 30.6 Å². The summed E-state index contributed by atoms with van der Waals surface area (Å²) in [5, 5.41) is 8.86. The highest BCUT2D eigenvalue weighted by molar-refractivity contribution is 6.04. The molecule has 110 valence electrons. The van der Waals surface area contributed by atoms with Crippen molar-refractivity contribution in [3.05, 3.63) is 42.0 Å². The Morgan fingerprint density at radius 1 is 1.43 bits per heavy atom. The highest BCUT2D eigenvalue weighted by Gasteiger charge is 2.13. The first kappa shape index (κ1) is 14.5. The second-order valence-electron chi connectivity index (χ2n) is 4.29. The van der Waals surface area contributed by atoms with Crippen molar-refractivity contribution in [3.63, 3.8) is 0 Å². The number of nitrogen functional groups attached to an aromatic ring is 1. The van der Waals surface area contributed by atoms with Crippen LogP contribution in [0.2, 0.25) is 0 Å². The zero-order valence-electron chi connectivity index (χ0n) is 11.3. The van der Waals surface area contributed by atoms with Gasteiger partial charge in [-0.1, -0.05) is 0 Å². The Hall–Kier alpha value is -2.90. The van der Waals surface area contributed by atoms with Crippen LogP contribution >= 0.6 is 0 Å². The molecule has 2 amide bonds. The average molecular weight is 291 g/mol. The van der Waals surface area contributed by atoms with Crippen molar-refractivity contribution in [1.82, 2.24) is 15.1 Å². The molecule has 0 aliphatic heterocycles. The molecular weight excluding hydrogens is 277 g/mol. The lowest BCUT2D eigenvalue weighted by Gasteiger charge is -2.04. The monoisotopic (exact) mass is 291 g/mol. The van der Waals surface area contributed by atoms with Gasteiger partial charge in [0.05, 0.1) is 17.4 Å². The van der Waals surface area contributed by atoms with E-state index in [2.05, 4.69) is 15.7 Å². The Kier molecular flexibility index (Phi) is 4.17. The molecule has 0 fully saturated rings. The van der Waals surface area contributed by atoms with Gasteiger partial charge < -0.3 is 16.4 Å². The molecule has 0 saturated carbocycles. The number of halogens is 1. The first-order chi connectivity index (χ1) is 9.99. The molecule has 1 aromatic heterocycles. The van der Waals surface area contributed by atoms with Crippen LogP contribution in [-0.2, 0) is 11.3 Å².